The van der Waals surface area contributed by atoms with Gasteiger partial charge in [-0.05, 0) is 12.8 Å². The van der Waals surface area contributed by atoms with Gasteiger partial charge in [-0.3, -0.25) is 4.90 Å². The quantitative estimate of drug-likeness (QED) is 0.896. The first-order valence-corrected chi connectivity index (χ1v) is 6.89. The SMILES string of the molecule is CCCC(N)CCN1CCn2c(nnc2C(F)(F)F)C1. The van der Waals surface area contributed by atoms with E-state index >= 15 is 0 Å². The van der Waals surface area contributed by atoms with Crippen molar-refractivity contribution in [3.8, 4) is 0 Å². The topological polar surface area (TPSA) is 60.0 Å². The Morgan fingerprint density at radius 1 is 1.25 bits per heavy atom. The second-order valence-corrected chi connectivity index (χ2v) is 5.20. The Hall–Kier alpha value is -1.15. The van der Waals surface area contributed by atoms with Gasteiger partial charge in [-0.15, -0.1) is 10.2 Å². The van der Waals surface area contributed by atoms with Gasteiger partial charge >= 0.3 is 6.18 Å². The molecule has 1 aliphatic heterocycles. The molecule has 2 heterocycles. The van der Waals surface area contributed by atoms with Gasteiger partial charge in [0, 0.05) is 25.7 Å². The smallest absolute Gasteiger partial charge is 0.328 e. The molecule has 0 saturated heterocycles. The molecule has 0 aromatic carbocycles. The van der Waals surface area contributed by atoms with E-state index in [0.29, 0.717) is 18.9 Å². The van der Waals surface area contributed by atoms with Gasteiger partial charge in [-0.1, -0.05) is 13.3 Å². The number of nitrogens with two attached hydrogens (primary N) is 1. The van der Waals surface area contributed by atoms with Crippen molar-refractivity contribution in [2.24, 2.45) is 5.73 Å². The minimum absolute atomic E-state index is 0.158. The van der Waals surface area contributed by atoms with E-state index < -0.39 is 12.0 Å². The number of aromatic nitrogens is 3. The maximum absolute atomic E-state index is 12.7. The summed E-state index contributed by atoms with van der Waals surface area (Å²) in [4.78, 5) is 2.08. The molecule has 0 amide bonds. The molecule has 0 radical (unpaired) electrons. The van der Waals surface area contributed by atoms with Gasteiger partial charge in [0.1, 0.15) is 5.82 Å². The van der Waals surface area contributed by atoms with Crippen LogP contribution in [0.3, 0.4) is 0 Å². The Balaban J connectivity index is 1.94. The fraction of sp³-hybridized carbons (Fsp3) is 0.833. The average molecular weight is 291 g/mol. The first-order valence-electron chi connectivity index (χ1n) is 6.89. The first kappa shape index (κ1) is 15.2. The molecule has 0 bridgehead atoms. The molecule has 1 atom stereocenters. The minimum atomic E-state index is -4.43. The third kappa shape index (κ3) is 3.49. The highest BCUT2D eigenvalue weighted by Crippen LogP contribution is 2.29. The van der Waals surface area contributed by atoms with Crippen LogP contribution in [-0.4, -0.2) is 38.8 Å². The van der Waals surface area contributed by atoms with E-state index in [1.807, 2.05) is 0 Å². The molecule has 1 aromatic heterocycles. The molecular weight excluding hydrogens is 271 g/mol. The summed E-state index contributed by atoms with van der Waals surface area (Å²) in [6.07, 6.45) is -1.56. The molecule has 2 N–H and O–H groups in total. The Morgan fingerprint density at radius 2 is 2.00 bits per heavy atom. The van der Waals surface area contributed by atoms with E-state index in [1.54, 1.807) is 0 Å². The van der Waals surface area contributed by atoms with Crippen LogP contribution in [-0.2, 0) is 19.3 Å². The molecular formula is C12H20F3N5. The van der Waals surface area contributed by atoms with Crippen molar-refractivity contribution in [1.82, 2.24) is 19.7 Å². The molecule has 0 aliphatic carbocycles. The Labute approximate surface area is 115 Å². The highest BCUT2D eigenvalue weighted by atomic mass is 19.4. The molecule has 114 valence electrons. The molecule has 2 rings (SSSR count). The number of nitrogens with zero attached hydrogens (tertiary/aromatic N) is 4. The molecule has 1 aromatic rings. The van der Waals surface area contributed by atoms with E-state index in [9.17, 15) is 13.2 Å². The predicted molar refractivity (Wildman–Crippen MR) is 67.8 cm³/mol. The molecule has 0 saturated carbocycles. The second kappa shape index (κ2) is 6.09. The summed E-state index contributed by atoms with van der Waals surface area (Å²) in [6.45, 7) is 4.13. The number of hydrogen-bond donors (Lipinski definition) is 1. The zero-order chi connectivity index (χ0) is 14.8. The van der Waals surface area contributed by atoms with Crippen molar-refractivity contribution in [1.29, 1.82) is 0 Å². The third-order valence-corrected chi connectivity index (χ3v) is 3.56. The molecule has 8 heteroatoms. The Bertz CT molecular complexity index is 443. The third-order valence-electron chi connectivity index (χ3n) is 3.56. The molecule has 0 spiro atoms. The van der Waals surface area contributed by atoms with Crippen molar-refractivity contribution in [3.05, 3.63) is 11.6 Å². The normalized spacial score (nSPS) is 18.1. The van der Waals surface area contributed by atoms with Crippen LogP contribution < -0.4 is 5.73 Å². The van der Waals surface area contributed by atoms with Gasteiger partial charge in [0.05, 0.1) is 6.54 Å². The van der Waals surface area contributed by atoms with Gasteiger partial charge in [-0.2, -0.15) is 13.2 Å². The highest BCUT2D eigenvalue weighted by molar-refractivity contribution is 5.02. The van der Waals surface area contributed by atoms with Gasteiger partial charge in [0.15, 0.2) is 0 Å². The van der Waals surface area contributed by atoms with Gasteiger partial charge < -0.3 is 10.3 Å². The van der Waals surface area contributed by atoms with Crippen molar-refractivity contribution >= 4 is 0 Å². The van der Waals surface area contributed by atoms with Crippen LogP contribution in [0.25, 0.3) is 0 Å². The van der Waals surface area contributed by atoms with Gasteiger partial charge in [0.2, 0.25) is 5.82 Å². The summed E-state index contributed by atoms with van der Waals surface area (Å²) in [6, 6.07) is 0.158. The monoisotopic (exact) mass is 291 g/mol. The van der Waals surface area contributed by atoms with E-state index in [4.69, 9.17) is 5.73 Å². The number of fused-ring (bicyclic) bond motifs is 1. The maximum atomic E-state index is 12.7. The lowest BCUT2D eigenvalue weighted by Crippen LogP contribution is -2.37. The fourth-order valence-electron chi connectivity index (χ4n) is 2.47. The van der Waals surface area contributed by atoms with Crippen molar-refractivity contribution < 1.29 is 13.2 Å². The zero-order valence-corrected chi connectivity index (χ0v) is 11.5. The number of hydrogen-bond acceptors (Lipinski definition) is 4. The summed E-state index contributed by atoms with van der Waals surface area (Å²) < 4.78 is 39.2. The van der Waals surface area contributed by atoms with E-state index in [0.717, 1.165) is 25.8 Å². The molecule has 0 fully saturated rings. The zero-order valence-electron chi connectivity index (χ0n) is 11.5. The summed E-state index contributed by atoms with van der Waals surface area (Å²) in [5.41, 5.74) is 5.95. The van der Waals surface area contributed by atoms with Crippen LogP contribution in [0.2, 0.25) is 0 Å². The molecule has 20 heavy (non-hydrogen) atoms. The van der Waals surface area contributed by atoms with Crippen LogP contribution in [0, 0.1) is 0 Å². The molecule has 1 aliphatic rings. The molecule has 5 nitrogen and oxygen atoms in total. The summed E-state index contributed by atoms with van der Waals surface area (Å²) >= 11 is 0. The predicted octanol–water partition coefficient (Wildman–Crippen LogP) is 1.63. The van der Waals surface area contributed by atoms with Crippen molar-refractivity contribution in [3.63, 3.8) is 0 Å². The fourth-order valence-corrected chi connectivity index (χ4v) is 2.47. The van der Waals surface area contributed by atoms with Crippen LogP contribution in [0.5, 0.6) is 0 Å². The standard InChI is InChI=1S/C12H20F3N5/c1-2-3-9(16)4-5-19-6-7-20-10(8-19)17-18-11(20)12(13,14)15/h9H,2-8,16H2,1H3. The van der Waals surface area contributed by atoms with Crippen LogP contribution in [0.15, 0.2) is 0 Å². The van der Waals surface area contributed by atoms with Crippen molar-refractivity contribution in [2.75, 3.05) is 13.1 Å². The average Bonchev–Trinajstić information content (AvgIpc) is 2.79. The minimum Gasteiger partial charge on any atom is -0.328 e. The number of halogens is 3. The summed E-state index contributed by atoms with van der Waals surface area (Å²) in [5.74, 6) is -0.512. The van der Waals surface area contributed by atoms with Crippen molar-refractivity contribution in [2.45, 2.75) is 51.5 Å². The highest BCUT2D eigenvalue weighted by Gasteiger charge is 2.39. The van der Waals surface area contributed by atoms with Gasteiger partial charge in [0.25, 0.3) is 0 Å². The van der Waals surface area contributed by atoms with Crippen LogP contribution >= 0.6 is 0 Å². The largest absolute Gasteiger partial charge is 0.451 e. The second-order valence-electron chi connectivity index (χ2n) is 5.20. The van der Waals surface area contributed by atoms with Crippen LogP contribution in [0.4, 0.5) is 13.2 Å². The van der Waals surface area contributed by atoms with E-state index in [2.05, 4.69) is 22.0 Å². The lowest BCUT2D eigenvalue weighted by Gasteiger charge is -2.28. The first-order chi connectivity index (χ1) is 9.41. The number of alkyl halides is 3. The summed E-state index contributed by atoms with van der Waals surface area (Å²) in [7, 11) is 0. The Kier molecular flexibility index (Phi) is 4.64. The van der Waals surface area contributed by atoms with E-state index in [1.165, 1.54) is 4.57 Å². The van der Waals surface area contributed by atoms with Gasteiger partial charge in [-0.25, -0.2) is 0 Å². The Morgan fingerprint density at radius 3 is 2.65 bits per heavy atom. The lowest BCUT2D eigenvalue weighted by molar-refractivity contribution is -0.148. The maximum Gasteiger partial charge on any atom is 0.451 e. The molecule has 1 unspecified atom stereocenters. The summed E-state index contributed by atoms with van der Waals surface area (Å²) in [5, 5.41) is 6.92. The van der Waals surface area contributed by atoms with E-state index in [-0.39, 0.29) is 12.6 Å². The number of rotatable bonds is 5. The lowest BCUT2D eigenvalue weighted by atomic mass is 10.1. The van der Waals surface area contributed by atoms with Crippen LogP contribution in [0.1, 0.15) is 37.8 Å².